The van der Waals surface area contributed by atoms with Gasteiger partial charge in [-0.3, -0.25) is 4.79 Å². The van der Waals surface area contributed by atoms with E-state index in [0.717, 1.165) is 37.8 Å². The Morgan fingerprint density at radius 1 is 1.29 bits per heavy atom. The molecule has 6 heteroatoms. The van der Waals surface area contributed by atoms with Crippen LogP contribution in [0.4, 0.5) is 8.78 Å². The van der Waals surface area contributed by atoms with Gasteiger partial charge in [-0.05, 0) is 30.9 Å². The number of benzene rings is 1. The van der Waals surface area contributed by atoms with Crippen molar-refractivity contribution in [3.05, 3.63) is 35.4 Å². The quantitative estimate of drug-likeness (QED) is 0.896. The number of rotatable bonds is 4. The fourth-order valence-corrected chi connectivity index (χ4v) is 2.83. The van der Waals surface area contributed by atoms with Gasteiger partial charge in [0.25, 0.3) is 5.91 Å². The summed E-state index contributed by atoms with van der Waals surface area (Å²) in [6.45, 7) is 0.333. The highest BCUT2D eigenvalue weighted by Crippen LogP contribution is 2.26. The Hall–Kier alpha value is -1.20. The Morgan fingerprint density at radius 2 is 1.95 bits per heavy atom. The molecule has 0 aliphatic heterocycles. The van der Waals surface area contributed by atoms with Crippen LogP contribution in [0.1, 0.15) is 42.5 Å². The van der Waals surface area contributed by atoms with Crippen molar-refractivity contribution in [2.45, 2.75) is 38.1 Å². The predicted molar refractivity (Wildman–Crippen MR) is 80.5 cm³/mol. The highest BCUT2D eigenvalue weighted by Gasteiger charge is 2.25. The van der Waals surface area contributed by atoms with Gasteiger partial charge >= 0.3 is 0 Å². The minimum absolute atomic E-state index is 0. The number of hydrogen-bond acceptors (Lipinski definition) is 2. The first-order chi connectivity index (χ1) is 9.61. The topological polar surface area (TPSA) is 55.1 Å². The lowest BCUT2D eigenvalue weighted by Crippen LogP contribution is -2.46. The van der Waals surface area contributed by atoms with Gasteiger partial charge in [0.05, 0.1) is 5.56 Å². The normalized spacial score (nSPS) is 16.9. The van der Waals surface area contributed by atoms with Gasteiger partial charge in [-0.2, -0.15) is 0 Å². The second-order valence-electron chi connectivity index (χ2n) is 5.34. The predicted octanol–water partition coefficient (Wildman–Crippen LogP) is 3.02. The van der Waals surface area contributed by atoms with Crippen LogP contribution in [0.25, 0.3) is 0 Å². The number of amides is 1. The minimum Gasteiger partial charge on any atom is -0.348 e. The van der Waals surface area contributed by atoms with E-state index in [4.69, 9.17) is 5.73 Å². The first kappa shape index (κ1) is 17.9. The minimum atomic E-state index is -0.845. The number of carbonyl (C=O) groups is 1. The molecule has 0 heterocycles. The van der Waals surface area contributed by atoms with Gasteiger partial charge in [-0.15, -0.1) is 12.4 Å². The molecule has 0 saturated heterocycles. The van der Waals surface area contributed by atoms with Crippen LogP contribution < -0.4 is 11.1 Å². The van der Waals surface area contributed by atoms with Crippen LogP contribution in [-0.4, -0.2) is 18.5 Å². The Labute approximate surface area is 129 Å². The summed E-state index contributed by atoms with van der Waals surface area (Å²) in [7, 11) is 0. The smallest absolute Gasteiger partial charge is 0.254 e. The van der Waals surface area contributed by atoms with Gasteiger partial charge in [0.2, 0.25) is 0 Å². The summed E-state index contributed by atoms with van der Waals surface area (Å²) in [4.78, 5) is 12.1. The average molecular weight is 319 g/mol. The Kier molecular flexibility index (Phi) is 7.05. The molecule has 0 spiro atoms. The van der Waals surface area contributed by atoms with Gasteiger partial charge in [0, 0.05) is 18.7 Å². The molecule has 1 aromatic carbocycles. The lowest BCUT2D eigenvalue weighted by Gasteiger charge is -2.30. The molecule has 1 fully saturated rings. The van der Waals surface area contributed by atoms with E-state index in [-0.39, 0.29) is 24.0 Å². The van der Waals surface area contributed by atoms with Crippen molar-refractivity contribution < 1.29 is 13.6 Å². The second-order valence-corrected chi connectivity index (χ2v) is 5.34. The molecule has 2 rings (SSSR count). The van der Waals surface area contributed by atoms with Crippen molar-refractivity contribution in [3.8, 4) is 0 Å². The molecule has 0 radical (unpaired) electrons. The lowest BCUT2D eigenvalue weighted by atomic mass is 9.84. The van der Waals surface area contributed by atoms with Crippen LogP contribution in [0.2, 0.25) is 0 Å². The maximum atomic E-state index is 13.6. The third kappa shape index (κ3) is 4.64. The van der Waals surface area contributed by atoms with Gasteiger partial charge in [0.1, 0.15) is 11.6 Å². The Morgan fingerprint density at radius 3 is 2.52 bits per heavy atom. The highest BCUT2D eigenvalue weighted by molar-refractivity contribution is 5.94. The SMILES string of the molecule is Cl.NCC(NC(=O)c1ccc(F)cc1F)C1CCCCC1. The van der Waals surface area contributed by atoms with Crippen LogP contribution in [0.15, 0.2) is 18.2 Å². The number of carbonyl (C=O) groups excluding carboxylic acids is 1. The summed E-state index contributed by atoms with van der Waals surface area (Å²) in [5.41, 5.74) is 5.59. The second kappa shape index (κ2) is 8.29. The largest absolute Gasteiger partial charge is 0.348 e. The third-order valence-electron chi connectivity index (χ3n) is 3.97. The van der Waals surface area contributed by atoms with Crippen molar-refractivity contribution >= 4 is 18.3 Å². The van der Waals surface area contributed by atoms with Crippen LogP contribution in [0, 0.1) is 17.6 Å². The first-order valence-corrected chi connectivity index (χ1v) is 7.08. The van der Waals surface area contributed by atoms with E-state index in [1.54, 1.807) is 0 Å². The summed E-state index contributed by atoms with van der Waals surface area (Å²) in [6, 6.07) is 2.81. The first-order valence-electron chi connectivity index (χ1n) is 7.08. The van der Waals surface area contributed by atoms with Crippen LogP contribution in [0.3, 0.4) is 0 Å². The van der Waals surface area contributed by atoms with E-state index >= 15 is 0 Å². The fraction of sp³-hybridized carbons (Fsp3) is 0.533. The highest BCUT2D eigenvalue weighted by atomic mass is 35.5. The molecular formula is C15H21ClF2N2O. The maximum absolute atomic E-state index is 13.6. The maximum Gasteiger partial charge on any atom is 0.254 e. The molecule has 1 aliphatic carbocycles. The Balaban J connectivity index is 0.00000220. The van der Waals surface area contributed by atoms with Crippen LogP contribution >= 0.6 is 12.4 Å². The van der Waals surface area contributed by atoms with Gasteiger partial charge in [-0.1, -0.05) is 19.3 Å². The number of halogens is 3. The zero-order valence-electron chi connectivity index (χ0n) is 11.8. The average Bonchev–Trinajstić information content (AvgIpc) is 2.45. The molecule has 1 saturated carbocycles. The van der Waals surface area contributed by atoms with Gasteiger partial charge in [-0.25, -0.2) is 8.78 Å². The zero-order valence-corrected chi connectivity index (χ0v) is 12.6. The summed E-state index contributed by atoms with van der Waals surface area (Å²) in [6.07, 6.45) is 5.57. The molecule has 0 aromatic heterocycles. The molecule has 118 valence electrons. The molecule has 1 amide bonds. The number of nitrogens with two attached hydrogens (primary N) is 1. The molecule has 1 unspecified atom stereocenters. The van der Waals surface area contributed by atoms with Crippen molar-refractivity contribution in [2.24, 2.45) is 11.7 Å². The molecular weight excluding hydrogens is 298 g/mol. The molecule has 3 nitrogen and oxygen atoms in total. The lowest BCUT2D eigenvalue weighted by molar-refractivity contribution is 0.0911. The van der Waals surface area contributed by atoms with Crippen molar-refractivity contribution in [3.63, 3.8) is 0 Å². The van der Waals surface area contributed by atoms with Gasteiger partial charge < -0.3 is 11.1 Å². The summed E-state index contributed by atoms with van der Waals surface area (Å²) >= 11 is 0. The zero-order chi connectivity index (χ0) is 14.5. The van der Waals surface area contributed by atoms with Crippen molar-refractivity contribution in [1.82, 2.24) is 5.32 Å². The molecule has 1 aromatic rings. The monoisotopic (exact) mass is 318 g/mol. The van der Waals surface area contributed by atoms with E-state index in [1.165, 1.54) is 6.42 Å². The van der Waals surface area contributed by atoms with E-state index in [2.05, 4.69) is 5.32 Å². The summed E-state index contributed by atoms with van der Waals surface area (Å²) in [5.74, 6) is -1.71. The van der Waals surface area contributed by atoms with E-state index in [1.807, 2.05) is 0 Å². The number of nitrogens with one attached hydrogen (secondary N) is 1. The molecule has 1 aliphatic rings. The van der Waals surface area contributed by atoms with E-state index in [9.17, 15) is 13.6 Å². The standard InChI is InChI=1S/C15H20F2N2O.ClH/c16-11-6-7-12(13(17)8-11)15(20)19-14(9-18)10-4-2-1-3-5-10;/h6-8,10,14H,1-5,9,18H2,(H,19,20);1H. The molecule has 1 atom stereocenters. The van der Waals surface area contributed by atoms with Crippen LogP contribution in [0.5, 0.6) is 0 Å². The Bertz CT molecular complexity index is 479. The third-order valence-corrected chi connectivity index (χ3v) is 3.97. The number of hydrogen-bond donors (Lipinski definition) is 2. The molecule has 21 heavy (non-hydrogen) atoms. The van der Waals surface area contributed by atoms with Crippen molar-refractivity contribution in [1.29, 1.82) is 0 Å². The van der Waals surface area contributed by atoms with Crippen LogP contribution in [-0.2, 0) is 0 Å². The van der Waals surface area contributed by atoms with E-state index < -0.39 is 17.5 Å². The summed E-state index contributed by atoms with van der Waals surface area (Å²) < 4.78 is 26.4. The fourth-order valence-electron chi connectivity index (χ4n) is 2.83. The summed E-state index contributed by atoms with van der Waals surface area (Å²) in [5, 5.41) is 2.79. The van der Waals surface area contributed by atoms with Crippen molar-refractivity contribution in [2.75, 3.05) is 6.54 Å². The molecule has 3 N–H and O–H groups in total. The molecule has 0 bridgehead atoms. The van der Waals surface area contributed by atoms with Gasteiger partial charge in [0.15, 0.2) is 0 Å². The van der Waals surface area contributed by atoms with E-state index in [0.29, 0.717) is 18.5 Å².